The van der Waals surface area contributed by atoms with Crippen molar-refractivity contribution in [3.8, 4) is 5.75 Å². The van der Waals surface area contributed by atoms with Crippen LogP contribution in [0, 0.1) is 0 Å². The molecule has 3 N–H and O–H groups in total. The number of aromatic nitrogens is 2. The van der Waals surface area contributed by atoms with Crippen LogP contribution in [0.3, 0.4) is 0 Å². The van der Waals surface area contributed by atoms with Gasteiger partial charge in [0.05, 0.1) is 18.7 Å². The van der Waals surface area contributed by atoms with Crippen LogP contribution in [-0.2, 0) is 6.54 Å². The number of ether oxygens (including phenoxy) is 1. The molecule has 1 unspecified atom stereocenters. The van der Waals surface area contributed by atoms with Crippen LogP contribution in [0.15, 0.2) is 48.5 Å². The molecule has 0 saturated carbocycles. The highest BCUT2D eigenvalue weighted by Gasteiger charge is 2.34. The lowest BCUT2D eigenvalue weighted by Gasteiger charge is -2.34. The first-order valence-corrected chi connectivity index (χ1v) is 12.3. The van der Waals surface area contributed by atoms with Gasteiger partial charge in [0.25, 0.3) is 0 Å². The van der Waals surface area contributed by atoms with Crippen molar-refractivity contribution in [1.82, 2.24) is 20.3 Å². The largest absolute Gasteiger partial charge is 0.497 e. The number of rotatable bonds is 6. The van der Waals surface area contributed by atoms with Crippen LogP contribution in [0.2, 0.25) is 0 Å². The average Bonchev–Trinajstić information content (AvgIpc) is 3.31. The molecule has 3 aliphatic heterocycles. The Hall–Kier alpha value is -3.56. The molecule has 1 saturated heterocycles. The van der Waals surface area contributed by atoms with Crippen molar-refractivity contribution in [2.45, 2.75) is 19.0 Å². The highest BCUT2D eigenvalue weighted by atomic mass is 16.5. The molecule has 182 valence electrons. The van der Waals surface area contributed by atoms with Crippen LogP contribution in [0.4, 0.5) is 29.0 Å². The van der Waals surface area contributed by atoms with Crippen molar-refractivity contribution in [3.63, 3.8) is 0 Å². The minimum absolute atomic E-state index is 0.240. The molecule has 1 fully saturated rings. The number of anilines is 5. The standard InChI is InChI=1S/C26H32N8O/c1-32-13-15-33(16-14-32)20-7-5-19(6-8-20)27-26-28-24-23-22(30-31-24)11-12-34(25(23)29-26)17-18-3-9-21(35-2)10-4-18/h3-10,22,30H,11-17H2,1-2H3,(H2,27,28,29,31). The lowest BCUT2D eigenvalue weighted by molar-refractivity contribution is 0.313. The summed E-state index contributed by atoms with van der Waals surface area (Å²) in [6, 6.07) is 17.1. The molecule has 0 spiro atoms. The molecule has 9 heteroatoms. The van der Waals surface area contributed by atoms with Crippen LogP contribution in [-0.4, -0.2) is 61.7 Å². The van der Waals surface area contributed by atoms with Gasteiger partial charge in [0.2, 0.25) is 5.95 Å². The molecule has 0 amide bonds. The first-order valence-electron chi connectivity index (χ1n) is 12.3. The first kappa shape index (κ1) is 21.9. The summed E-state index contributed by atoms with van der Waals surface area (Å²) in [7, 11) is 3.87. The molecule has 3 aromatic rings. The normalized spacial score (nSPS) is 19.3. The summed E-state index contributed by atoms with van der Waals surface area (Å²) in [6.07, 6.45) is 1.01. The first-order chi connectivity index (χ1) is 17.2. The van der Waals surface area contributed by atoms with Gasteiger partial charge < -0.3 is 30.2 Å². The Bertz CT molecular complexity index is 1180. The third kappa shape index (κ3) is 4.44. The fourth-order valence-corrected chi connectivity index (χ4v) is 5.06. The van der Waals surface area contributed by atoms with E-state index in [4.69, 9.17) is 14.7 Å². The van der Waals surface area contributed by atoms with E-state index in [-0.39, 0.29) is 6.04 Å². The zero-order valence-electron chi connectivity index (χ0n) is 20.3. The predicted octanol–water partition coefficient (Wildman–Crippen LogP) is 3.36. The summed E-state index contributed by atoms with van der Waals surface area (Å²) in [4.78, 5) is 16.9. The minimum Gasteiger partial charge on any atom is -0.497 e. The molecule has 0 radical (unpaired) electrons. The van der Waals surface area contributed by atoms with Crippen LogP contribution < -0.4 is 30.7 Å². The maximum atomic E-state index is 5.31. The van der Waals surface area contributed by atoms with E-state index in [0.717, 1.165) is 74.3 Å². The lowest BCUT2D eigenvalue weighted by Crippen LogP contribution is -2.44. The van der Waals surface area contributed by atoms with Gasteiger partial charge in [-0.15, -0.1) is 0 Å². The summed E-state index contributed by atoms with van der Waals surface area (Å²) in [5, 5.41) is 3.42. The van der Waals surface area contributed by atoms with E-state index in [9.17, 15) is 0 Å². The summed E-state index contributed by atoms with van der Waals surface area (Å²) in [5.74, 6) is 3.31. The zero-order valence-corrected chi connectivity index (χ0v) is 20.3. The number of hydrogen-bond donors (Lipinski definition) is 3. The van der Waals surface area contributed by atoms with Crippen molar-refractivity contribution in [3.05, 3.63) is 59.7 Å². The molecule has 0 bridgehead atoms. The van der Waals surface area contributed by atoms with Crippen LogP contribution in [0.1, 0.15) is 23.6 Å². The second-order valence-electron chi connectivity index (χ2n) is 9.48. The maximum Gasteiger partial charge on any atom is 0.231 e. The third-order valence-electron chi connectivity index (χ3n) is 7.15. The summed E-state index contributed by atoms with van der Waals surface area (Å²) in [5.41, 5.74) is 11.3. The van der Waals surface area contributed by atoms with E-state index in [1.807, 2.05) is 12.1 Å². The Morgan fingerprint density at radius 1 is 0.971 bits per heavy atom. The van der Waals surface area contributed by atoms with Crippen LogP contribution >= 0.6 is 0 Å². The second-order valence-corrected chi connectivity index (χ2v) is 9.48. The van der Waals surface area contributed by atoms with E-state index in [1.54, 1.807) is 7.11 Å². The topological polar surface area (TPSA) is 80.8 Å². The monoisotopic (exact) mass is 472 g/mol. The molecular formula is C26H32N8O. The second kappa shape index (κ2) is 9.24. The van der Waals surface area contributed by atoms with Crippen molar-refractivity contribution in [2.24, 2.45) is 0 Å². The van der Waals surface area contributed by atoms with Gasteiger partial charge in [0.1, 0.15) is 11.6 Å². The number of nitrogens with one attached hydrogen (secondary N) is 3. The molecule has 1 atom stereocenters. The Morgan fingerprint density at radius 3 is 2.49 bits per heavy atom. The van der Waals surface area contributed by atoms with Gasteiger partial charge in [-0.25, -0.2) is 5.43 Å². The van der Waals surface area contributed by atoms with E-state index in [2.05, 4.69) is 74.3 Å². The molecule has 6 rings (SSSR count). The van der Waals surface area contributed by atoms with Crippen molar-refractivity contribution in [2.75, 3.05) is 67.4 Å². The molecule has 35 heavy (non-hydrogen) atoms. The molecule has 1 aromatic heterocycles. The van der Waals surface area contributed by atoms with Gasteiger partial charge in [-0.05, 0) is 55.4 Å². The van der Waals surface area contributed by atoms with Crippen LogP contribution in [0.5, 0.6) is 5.75 Å². The van der Waals surface area contributed by atoms with E-state index in [1.165, 1.54) is 11.3 Å². The van der Waals surface area contributed by atoms with Crippen molar-refractivity contribution in [1.29, 1.82) is 0 Å². The SMILES string of the molecule is COc1ccc(CN2CCC3NNc4nc(Nc5ccc(N6CCN(C)CC6)cc5)nc2c43)cc1. The van der Waals surface area contributed by atoms with Gasteiger partial charge in [-0.3, -0.25) is 0 Å². The van der Waals surface area contributed by atoms with Gasteiger partial charge >= 0.3 is 0 Å². The summed E-state index contributed by atoms with van der Waals surface area (Å²) in [6.45, 7) is 6.03. The highest BCUT2D eigenvalue weighted by Crippen LogP contribution is 2.41. The molecule has 0 aliphatic carbocycles. The van der Waals surface area contributed by atoms with Crippen molar-refractivity contribution >= 4 is 29.0 Å². The smallest absolute Gasteiger partial charge is 0.231 e. The predicted molar refractivity (Wildman–Crippen MR) is 140 cm³/mol. The number of hydrogen-bond acceptors (Lipinski definition) is 9. The average molecular weight is 473 g/mol. The highest BCUT2D eigenvalue weighted by molar-refractivity contribution is 5.69. The Kier molecular flexibility index (Phi) is 5.79. The summed E-state index contributed by atoms with van der Waals surface area (Å²) < 4.78 is 5.31. The molecule has 2 aromatic carbocycles. The van der Waals surface area contributed by atoms with Crippen LogP contribution in [0.25, 0.3) is 0 Å². The number of piperazine rings is 1. The number of likely N-dealkylation sites (N-methyl/N-ethyl adjacent to an activating group) is 1. The Morgan fingerprint density at radius 2 is 1.74 bits per heavy atom. The maximum absolute atomic E-state index is 5.31. The molecule has 4 heterocycles. The third-order valence-corrected chi connectivity index (χ3v) is 7.15. The van der Waals surface area contributed by atoms with Gasteiger partial charge in [0, 0.05) is 50.6 Å². The quantitative estimate of drug-likeness (QED) is 0.500. The Labute approximate surface area is 206 Å². The molecule has 3 aliphatic rings. The molecular weight excluding hydrogens is 440 g/mol. The fourth-order valence-electron chi connectivity index (χ4n) is 5.06. The van der Waals surface area contributed by atoms with E-state index in [0.29, 0.717) is 5.95 Å². The van der Waals surface area contributed by atoms with Gasteiger partial charge in [0.15, 0.2) is 5.82 Å². The summed E-state index contributed by atoms with van der Waals surface area (Å²) >= 11 is 0. The van der Waals surface area contributed by atoms with E-state index >= 15 is 0 Å². The number of nitrogens with zero attached hydrogens (tertiary/aromatic N) is 5. The zero-order chi connectivity index (χ0) is 23.8. The lowest BCUT2D eigenvalue weighted by atomic mass is 10.0. The fraction of sp³-hybridized carbons (Fsp3) is 0.385. The minimum atomic E-state index is 0.240. The molecule has 9 nitrogen and oxygen atoms in total. The van der Waals surface area contributed by atoms with E-state index < -0.39 is 0 Å². The van der Waals surface area contributed by atoms with Crippen molar-refractivity contribution < 1.29 is 4.74 Å². The van der Waals surface area contributed by atoms with Gasteiger partial charge in [-0.2, -0.15) is 9.97 Å². The number of benzene rings is 2. The number of methoxy groups -OCH3 is 1. The number of hydrazine groups is 1. The van der Waals surface area contributed by atoms with Gasteiger partial charge in [-0.1, -0.05) is 12.1 Å². The Balaban J connectivity index is 1.22.